The molecule has 0 aliphatic heterocycles. The van der Waals surface area contributed by atoms with Crippen LogP contribution >= 0.6 is 0 Å². The average molecular weight is 257 g/mol. The molecule has 1 rings (SSSR count). The number of hydrogen-bond acceptors (Lipinski definition) is 4. The van der Waals surface area contributed by atoms with E-state index in [4.69, 9.17) is 10.2 Å². The first-order valence-corrected chi connectivity index (χ1v) is 5.01. The Balaban J connectivity index is 2.80. The Labute approximate surface area is 102 Å². The van der Waals surface area contributed by atoms with Gasteiger partial charge in [-0.3, -0.25) is 14.5 Å². The predicted octanol–water partition coefficient (Wildman–Crippen LogP) is 0.502. The molecule has 0 aliphatic carbocycles. The van der Waals surface area contributed by atoms with Crippen LogP contribution in [-0.4, -0.2) is 45.2 Å². The minimum Gasteiger partial charge on any atom is -0.508 e. The van der Waals surface area contributed by atoms with Gasteiger partial charge in [-0.15, -0.1) is 0 Å². The number of hydrogen-bond donors (Lipinski definition) is 3. The van der Waals surface area contributed by atoms with Crippen molar-refractivity contribution in [3.05, 3.63) is 29.6 Å². The van der Waals surface area contributed by atoms with Gasteiger partial charge in [0, 0.05) is 12.6 Å². The van der Waals surface area contributed by atoms with Gasteiger partial charge >= 0.3 is 11.9 Å². The van der Waals surface area contributed by atoms with Crippen molar-refractivity contribution in [3.8, 4) is 5.75 Å². The van der Waals surface area contributed by atoms with Gasteiger partial charge in [0.2, 0.25) is 0 Å². The third-order valence-corrected chi connectivity index (χ3v) is 2.07. The summed E-state index contributed by atoms with van der Waals surface area (Å²) < 4.78 is 13.0. The normalized spacial score (nSPS) is 10.6. The molecule has 3 N–H and O–H groups in total. The molecule has 0 aliphatic rings. The summed E-state index contributed by atoms with van der Waals surface area (Å²) in [5.41, 5.74) is 0.301. The van der Waals surface area contributed by atoms with Gasteiger partial charge < -0.3 is 15.3 Å². The number of benzene rings is 1. The molecule has 98 valence electrons. The van der Waals surface area contributed by atoms with E-state index in [9.17, 15) is 19.1 Å². The van der Waals surface area contributed by atoms with Gasteiger partial charge in [-0.05, 0) is 17.7 Å². The summed E-state index contributed by atoms with van der Waals surface area (Å²) in [6, 6.07) is 3.26. The smallest absolute Gasteiger partial charge is 0.317 e. The number of carboxylic acid groups (broad SMARTS) is 2. The number of aromatic hydroxyl groups is 1. The minimum absolute atomic E-state index is 0.0794. The van der Waals surface area contributed by atoms with Crippen LogP contribution in [0, 0.1) is 5.82 Å². The van der Waals surface area contributed by atoms with Gasteiger partial charge in [0.05, 0.1) is 13.1 Å². The molecule has 7 heteroatoms. The van der Waals surface area contributed by atoms with Crippen molar-refractivity contribution in [2.75, 3.05) is 13.1 Å². The molecule has 0 radical (unpaired) electrons. The molecule has 0 saturated carbocycles. The summed E-state index contributed by atoms with van der Waals surface area (Å²) in [5.74, 6) is -3.33. The van der Waals surface area contributed by atoms with E-state index in [0.29, 0.717) is 5.56 Å². The molecule has 0 amide bonds. The molecule has 0 saturated heterocycles. The summed E-state index contributed by atoms with van der Waals surface area (Å²) in [7, 11) is 0. The Bertz CT molecular complexity index is 426. The topological polar surface area (TPSA) is 98.1 Å². The second-order valence-corrected chi connectivity index (χ2v) is 3.75. The molecule has 1 aromatic carbocycles. The van der Waals surface area contributed by atoms with Crippen LogP contribution in [-0.2, 0) is 16.1 Å². The zero-order valence-corrected chi connectivity index (χ0v) is 9.34. The van der Waals surface area contributed by atoms with Crippen molar-refractivity contribution in [2.24, 2.45) is 0 Å². The maximum Gasteiger partial charge on any atom is 0.317 e. The van der Waals surface area contributed by atoms with E-state index in [0.717, 1.165) is 17.0 Å². The fraction of sp³-hybridized carbons (Fsp3) is 0.273. The molecular weight excluding hydrogens is 245 g/mol. The van der Waals surface area contributed by atoms with E-state index in [1.807, 2.05) is 0 Å². The first-order chi connectivity index (χ1) is 8.36. The molecule has 0 unspecified atom stereocenters. The zero-order chi connectivity index (χ0) is 13.7. The number of phenols is 1. The van der Waals surface area contributed by atoms with Gasteiger partial charge in [-0.25, -0.2) is 4.39 Å². The van der Waals surface area contributed by atoms with E-state index in [-0.39, 0.29) is 12.3 Å². The van der Waals surface area contributed by atoms with Gasteiger partial charge in [0.25, 0.3) is 0 Å². The van der Waals surface area contributed by atoms with Crippen molar-refractivity contribution < 1.29 is 29.3 Å². The van der Waals surface area contributed by atoms with Crippen molar-refractivity contribution in [1.29, 1.82) is 0 Å². The first kappa shape index (κ1) is 13.9. The van der Waals surface area contributed by atoms with Gasteiger partial charge in [0.15, 0.2) is 0 Å². The summed E-state index contributed by atoms with van der Waals surface area (Å²) in [6.07, 6.45) is 0. The van der Waals surface area contributed by atoms with Gasteiger partial charge in [-0.2, -0.15) is 0 Å². The van der Waals surface area contributed by atoms with Crippen molar-refractivity contribution in [2.45, 2.75) is 6.54 Å². The quantitative estimate of drug-likeness (QED) is 0.686. The third kappa shape index (κ3) is 4.79. The number of phenolic OH excluding ortho intramolecular Hbond substituents is 1. The first-order valence-electron chi connectivity index (χ1n) is 5.01. The Morgan fingerprint density at radius 3 is 2.11 bits per heavy atom. The number of carboxylic acids is 2. The van der Waals surface area contributed by atoms with Crippen molar-refractivity contribution >= 4 is 11.9 Å². The van der Waals surface area contributed by atoms with Crippen LogP contribution in [0.25, 0.3) is 0 Å². The van der Waals surface area contributed by atoms with E-state index in [1.165, 1.54) is 6.07 Å². The van der Waals surface area contributed by atoms with Crippen LogP contribution in [0.4, 0.5) is 4.39 Å². The van der Waals surface area contributed by atoms with Crippen LogP contribution in [0.2, 0.25) is 0 Å². The molecule has 0 heterocycles. The molecule has 0 atom stereocenters. The highest BCUT2D eigenvalue weighted by Gasteiger charge is 2.14. The molecule has 0 spiro atoms. The minimum atomic E-state index is -1.18. The number of rotatable bonds is 6. The maximum atomic E-state index is 13.0. The standard InChI is InChI=1S/C11H12FNO5/c12-8-1-7(2-9(14)3-8)4-13(5-10(15)16)6-11(17)18/h1-3,14H,4-6H2,(H,15,16)(H,17,18). The summed E-state index contributed by atoms with van der Waals surface area (Å²) >= 11 is 0. The van der Waals surface area contributed by atoms with Gasteiger partial charge in [0.1, 0.15) is 11.6 Å². The average Bonchev–Trinajstić information content (AvgIpc) is 2.12. The summed E-state index contributed by atoms with van der Waals surface area (Å²) in [5, 5.41) is 26.4. The van der Waals surface area contributed by atoms with E-state index < -0.39 is 30.8 Å². The summed E-state index contributed by atoms with van der Waals surface area (Å²) in [6.45, 7) is -1.04. The second-order valence-electron chi connectivity index (χ2n) is 3.75. The third-order valence-electron chi connectivity index (χ3n) is 2.07. The van der Waals surface area contributed by atoms with Crippen LogP contribution in [0.3, 0.4) is 0 Å². The highest BCUT2D eigenvalue weighted by Crippen LogP contribution is 2.16. The monoisotopic (exact) mass is 257 g/mol. The van der Waals surface area contributed by atoms with E-state index >= 15 is 0 Å². The Morgan fingerprint density at radius 2 is 1.67 bits per heavy atom. The molecular formula is C11H12FNO5. The Kier molecular flexibility index (Phi) is 4.61. The molecule has 1 aromatic rings. The highest BCUT2D eigenvalue weighted by molar-refractivity contribution is 5.72. The molecule has 0 aromatic heterocycles. The van der Waals surface area contributed by atoms with E-state index in [2.05, 4.69) is 0 Å². The number of carbonyl (C=O) groups is 2. The lowest BCUT2D eigenvalue weighted by Crippen LogP contribution is -2.33. The maximum absolute atomic E-state index is 13.0. The van der Waals surface area contributed by atoms with Crippen LogP contribution in [0.5, 0.6) is 5.75 Å². The van der Waals surface area contributed by atoms with Crippen LogP contribution < -0.4 is 0 Å². The van der Waals surface area contributed by atoms with Crippen molar-refractivity contribution in [3.63, 3.8) is 0 Å². The SMILES string of the molecule is O=C(O)CN(CC(=O)O)Cc1cc(O)cc(F)c1. The largest absolute Gasteiger partial charge is 0.508 e. The lowest BCUT2D eigenvalue weighted by atomic mass is 10.2. The molecule has 0 fully saturated rings. The second kappa shape index (κ2) is 5.97. The lowest BCUT2D eigenvalue weighted by molar-refractivity contribution is -0.142. The van der Waals surface area contributed by atoms with Gasteiger partial charge in [-0.1, -0.05) is 0 Å². The van der Waals surface area contributed by atoms with Crippen LogP contribution in [0.1, 0.15) is 5.56 Å². The molecule has 6 nitrogen and oxygen atoms in total. The Hall–Kier alpha value is -2.15. The van der Waals surface area contributed by atoms with E-state index in [1.54, 1.807) is 0 Å². The fourth-order valence-corrected chi connectivity index (χ4v) is 1.53. The summed E-state index contributed by atoms with van der Waals surface area (Å²) in [4.78, 5) is 22.2. The highest BCUT2D eigenvalue weighted by atomic mass is 19.1. The fourth-order valence-electron chi connectivity index (χ4n) is 1.53. The number of nitrogens with zero attached hydrogens (tertiary/aromatic N) is 1. The molecule has 18 heavy (non-hydrogen) atoms. The molecule has 0 bridgehead atoms. The lowest BCUT2D eigenvalue weighted by Gasteiger charge is -2.18. The number of aliphatic carboxylic acids is 2. The van der Waals surface area contributed by atoms with Crippen LogP contribution in [0.15, 0.2) is 18.2 Å². The zero-order valence-electron chi connectivity index (χ0n) is 9.34. The predicted molar refractivity (Wildman–Crippen MR) is 58.6 cm³/mol. The van der Waals surface area contributed by atoms with Crippen molar-refractivity contribution in [1.82, 2.24) is 4.90 Å². The number of halogens is 1. The Morgan fingerprint density at radius 1 is 1.11 bits per heavy atom.